The van der Waals surface area contributed by atoms with Crippen molar-refractivity contribution in [2.24, 2.45) is 0 Å². The van der Waals surface area contributed by atoms with Gasteiger partial charge in [-0.2, -0.15) is 0 Å². The summed E-state index contributed by atoms with van der Waals surface area (Å²) in [4.78, 5) is 52.0. The van der Waals surface area contributed by atoms with Crippen LogP contribution in [0.25, 0.3) is 21.2 Å². The van der Waals surface area contributed by atoms with Crippen LogP contribution >= 0.6 is 34.5 Å². The quantitative estimate of drug-likeness (QED) is 0.198. The van der Waals surface area contributed by atoms with Crippen LogP contribution < -0.4 is 15.2 Å². The Bertz CT molecular complexity index is 2300. The highest BCUT2D eigenvalue weighted by atomic mass is 35.5. The van der Waals surface area contributed by atoms with E-state index >= 15 is 4.79 Å². The van der Waals surface area contributed by atoms with E-state index < -0.39 is 22.8 Å². The molecule has 2 aliphatic rings. The summed E-state index contributed by atoms with van der Waals surface area (Å²) in [5.74, 6) is -1.23. The molecule has 4 aromatic carbocycles. The van der Waals surface area contributed by atoms with Crippen molar-refractivity contribution in [1.29, 1.82) is 0 Å². The van der Waals surface area contributed by atoms with Crippen LogP contribution in [0, 0.1) is 13.8 Å². The van der Waals surface area contributed by atoms with E-state index in [1.54, 1.807) is 59.5 Å². The number of carbonyl (C=O) groups excluding carboxylic acids is 2. The number of carbonyl (C=O) groups is 2. The number of nitrogens with zero attached hydrogens (tertiary/aromatic N) is 3. The maximum absolute atomic E-state index is 15.1. The zero-order valence-electron chi connectivity index (χ0n) is 23.4. The number of benzene rings is 4. The van der Waals surface area contributed by atoms with Crippen LogP contribution in [0.15, 0.2) is 88.1 Å². The van der Waals surface area contributed by atoms with Crippen molar-refractivity contribution in [1.82, 2.24) is 4.98 Å². The summed E-state index contributed by atoms with van der Waals surface area (Å²) in [6.07, 6.45) is 0. The van der Waals surface area contributed by atoms with Crippen molar-refractivity contribution in [2.45, 2.75) is 25.9 Å². The summed E-state index contributed by atoms with van der Waals surface area (Å²) in [7, 11) is 0. The molecule has 2 amide bonds. The molecule has 216 valence electrons. The lowest BCUT2D eigenvalue weighted by Crippen LogP contribution is -2.53. The lowest BCUT2D eigenvalue weighted by molar-refractivity contribution is -0.121. The van der Waals surface area contributed by atoms with Crippen molar-refractivity contribution < 1.29 is 14.0 Å². The first-order chi connectivity index (χ1) is 21.2. The van der Waals surface area contributed by atoms with Gasteiger partial charge in [0, 0.05) is 15.6 Å². The number of para-hydroxylation sites is 1. The first-order valence-corrected chi connectivity index (χ1v) is 15.4. The van der Waals surface area contributed by atoms with Gasteiger partial charge in [-0.05, 0) is 79.1 Å². The molecule has 7 nitrogen and oxygen atoms in total. The van der Waals surface area contributed by atoms with Crippen molar-refractivity contribution in [3.05, 3.63) is 133 Å². The molecule has 6 aromatic rings. The third-order valence-corrected chi connectivity index (χ3v) is 10.0. The molecule has 0 N–H and O–H groups in total. The largest absolute Gasteiger partial charge is 0.450 e. The van der Waals surface area contributed by atoms with E-state index in [1.165, 1.54) is 16.2 Å². The van der Waals surface area contributed by atoms with Crippen LogP contribution in [0.2, 0.25) is 10.0 Å². The van der Waals surface area contributed by atoms with Gasteiger partial charge in [-0.15, -0.1) is 0 Å². The molecule has 4 heterocycles. The summed E-state index contributed by atoms with van der Waals surface area (Å²) in [5, 5.41) is 1.65. The zero-order valence-corrected chi connectivity index (χ0v) is 25.7. The zero-order chi connectivity index (χ0) is 30.5. The smallest absolute Gasteiger partial charge is 0.297 e. The number of amides is 2. The van der Waals surface area contributed by atoms with Crippen LogP contribution in [-0.2, 0) is 16.9 Å². The Morgan fingerprint density at radius 3 is 2.41 bits per heavy atom. The second-order valence-corrected chi connectivity index (χ2v) is 12.9. The Balaban J connectivity index is 1.45. The van der Waals surface area contributed by atoms with Crippen LogP contribution in [0.4, 0.5) is 10.8 Å². The molecule has 0 fully saturated rings. The molecule has 1 unspecified atom stereocenters. The third-order valence-electron chi connectivity index (χ3n) is 8.52. The van der Waals surface area contributed by atoms with Gasteiger partial charge in [0.15, 0.2) is 16.1 Å². The Kier molecular flexibility index (Phi) is 5.85. The number of rotatable bonds is 3. The number of aryl methyl sites for hydroxylation is 2. The van der Waals surface area contributed by atoms with Crippen molar-refractivity contribution >= 4 is 78.4 Å². The predicted molar refractivity (Wildman–Crippen MR) is 173 cm³/mol. The highest BCUT2D eigenvalue weighted by molar-refractivity contribution is 7.22. The van der Waals surface area contributed by atoms with Gasteiger partial charge in [0.25, 0.3) is 11.8 Å². The van der Waals surface area contributed by atoms with Gasteiger partial charge in [-0.3, -0.25) is 19.3 Å². The lowest BCUT2D eigenvalue weighted by Gasteiger charge is -2.32. The van der Waals surface area contributed by atoms with E-state index in [4.69, 9.17) is 32.6 Å². The fourth-order valence-corrected chi connectivity index (χ4v) is 7.75. The number of hydrogen-bond acceptors (Lipinski definition) is 6. The summed E-state index contributed by atoms with van der Waals surface area (Å²) in [6.45, 7) is 4.01. The fraction of sp³-hybridized carbons (Fsp3) is 0.118. The Labute approximate surface area is 264 Å². The molecule has 1 atom stereocenters. The summed E-state index contributed by atoms with van der Waals surface area (Å²) >= 11 is 13.6. The number of anilines is 2. The standard InChI is InChI=1S/C34H21Cl2N3O4S/c1-17-13-22-26(14-18(17)2)43-30-28(29(22)40)34(39(31(30)41)33-37-24-12-11-21(36)15-27(24)44-33)23-5-3-4-6-25(23)38(32(34)42)16-19-7-9-20(35)10-8-19/h3-15H,16H2,1-2H3. The molecule has 44 heavy (non-hydrogen) atoms. The first-order valence-electron chi connectivity index (χ1n) is 13.8. The minimum atomic E-state index is -1.85. The van der Waals surface area contributed by atoms with E-state index in [2.05, 4.69) is 0 Å². The van der Waals surface area contributed by atoms with Gasteiger partial charge in [0.1, 0.15) is 5.58 Å². The summed E-state index contributed by atoms with van der Waals surface area (Å²) in [6, 6.07) is 23.2. The average Bonchev–Trinajstić information content (AvgIpc) is 3.61. The van der Waals surface area contributed by atoms with E-state index in [-0.39, 0.29) is 28.6 Å². The van der Waals surface area contributed by atoms with Gasteiger partial charge >= 0.3 is 0 Å². The molecule has 8 rings (SSSR count). The van der Waals surface area contributed by atoms with Gasteiger partial charge in [-0.25, -0.2) is 4.98 Å². The molecular formula is C34H21Cl2N3O4S. The normalized spacial score (nSPS) is 17.4. The van der Waals surface area contributed by atoms with Crippen molar-refractivity contribution in [3.8, 4) is 0 Å². The molecule has 0 saturated carbocycles. The Morgan fingerprint density at radius 1 is 0.886 bits per heavy atom. The van der Waals surface area contributed by atoms with Gasteiger partial charge < -0.3 is 9.32 Å². The summed E-state index contributed by atoms with van der Waals surface area (Å²) in [5.41, 5.74) is 2.34. The van der Waals surface area contributed by atoms with Gasteiger partial charge in [-0.1, -0.05) is 64.9 Å². The molecule has 2 aromatic heterocycles. The van der Waals surface area contributed by atoms with Gasteiger partial charge in [0.2, 0.25) is 5.76 Å². The molecule has 0 aliphatic carbocycles. The second-order valence-electron chi connectivity index (χ2n) is 11.1. The Hall–Kier alpha value is -4.50. The molecule has 10 heteroatoms. The van der Waals surface area contributed by atoms with Crippen LogP contribution in [-0.4, -0.2) is 16.8 Å². The monoisotopic (exact) mass is 637 g/mol. The minimum absolute atomic E-state index is 0.00778. The lowest BCUT2D eigenvalue weighted by atomic mass is 9.84. The molecule has 2 aliphatic heterocycles. The predicted octanol–water partition coefficient (Wildman–Crippen LogP) is 7.78. The van der Waals surface area contributed by atoms with Gasteiger partial charge in [0.05, 0.1) is 33.4 Å². The van der Waals surface area contributed by atoms with E-state index in [1.807, 2.05) is 38.1 Å². The van der Waals surface area contributed by atoms with Crippen LogP contribution in [0.1, 0.15) is 38.4 Å². The first kappa shape index (κ1) is 27.1. The molecule has 0 bridgehead atoms. The maximum Gasteiger partial charge on any atom is 0.297 e. The van der Waals surface area contributed by atoms with Crippen molar-refractivity contribution in [2.75, 3.05) is 9.80 Å². The number of thiazole rings is 1. The number of fused-ring (bicyclic) bond motifs is 6. The molecule has 0 saturated heterocycles. The SMILES string of the molecule is Cc1cc2oc3c(c(=O)c2cc1C)C1(C(=O)N(Cc2ccc(Cl)cc2)c2ccccc21)N(c1nc2ccc(Cl)cc2s1)C3=O. The van der Waals surface area contributed by atoms with E-state index in [9.17, 15) is 9.59 Å². The molecular weight excluding hydrogens is 617 g/mol. The highest BCUT2D eigenvalue weighted by Crippen LogP contribution is 2.55. The number of aromatic nitrogens is 1. The average molecular weight is 639 g/mol. The highest BCUT2D eigenvalue weighted by Gasteiger charge is 2.66. The van der Waals surface area contributed by atoms with E-state index in [0.717, 1.165) is 21.4 Å². The van der Waals surface area contributed by atoms with Crippen LogP contribution in [0.3, 0.4) is 0 Å². The number of halogens is 2. The number of hydrogen-bond donors (Lipinski definition) is 0. The second kappa shape index (κ2) is 9.50. The maximum atomic E-state index is 15.1. The molecule has 0 radical (unpaired) electrons. The summed E-state index contributed by atoms with van der Waals surface area (Å²) < 4.78 is 7.01. The molecule has 1 spiro atoms. The van der Waals surface area contributed by atoms with E-state index in [0.29, 0.717) is 32.2 Å². The van der Waals surface area contributed by atoms with Crippen LogP contribution in [0.5, 0.6) is 0 Å². The topological polar surface area (TPSA) is 83.7 Å². The Morgan fingerprint density at radius 2 is 1.61 bits per heavy atom. The minimum Gasteiger partial charge on any atom is -0.450 e. The fourth-order valence-electron chi connectivity index (χ4n) is 6.33. The third kappa shape index (κ3) is 3.62. The van der Waals surface area contributed by atoms with Crippen molar-refractivity contribution in [3.63, 3.8) is 0 Å².